The molecule has 1 aromatic carbocycles. The second kappa shape index (κ2) is 10.0. The number of carbonyl (C=O) groups excluding carboxylic acids is 2. The van der Waals surface area contributed by atoms with Gasteiger partial charge in [-0.15, -0.1) is 11.8 Å². The largest absolute Gasteiger partial charge is 0.336 e. The van der Waals surface area contributed by atoms with Crippen molar-refractivity contribution in [2.75, 3.05) is 39.3 Å². The second-order valence-electron chi connectivity index (χ2n) is 7.87. The lowest BCUT2D eigenvalue weighted by Crippen LogP contribution is -2.53. The summed E-state index contributed by atoms with van der Waals surface area (Å²) in [5.41, 5.74) is 1.01. The molecule has 2 aliphatic heterocycles. The molecule has 0 aromatic heterocycles. The van der Waals surface area contributed by atoms with Gasteiger partial charge >= 0.3 is 6.03 Å². The maximum Gasteiger partial charge on any atom is 0.317 e. The van der Waals surface area contributed by atoms with E-state index in [1.165, 1.54) is 0 Å². The summed E-state index contributed by atoms with van der Waals surface area (Å²) >= 11 is 8.14. The van der Waals surface area contributed by atoms with Crippen LogP contribution in [0.3, 0.4) is 0 Å². The lowest BCUT2D eigenvalue weighted by atomic mass is 10.2. The van der Waals surface area contributed by atoms with E-state index in [-0.39, 0.29) is 28.6 Å². The molecule has 0 spiro atoms. The third-order valence-electron chi connectivity index (χ3n) is 5.41. The monoisotopic (exact) mass is 438 g/mol. The van der Waals surface area contributed by atoms with Gasteiger partial charge in [0.05, 0.1) is 5.25 Å². The molecule has 1 aromatic rings. The van der Waals surface area contributed by atoms with Crippen LogP contribution in [0.1, 0.15) is 38.1 Å². The van der Waals surface area contributed by atoms with Crippen LogP contribution in [0.4, 0.5) is 4.79 Å². The Morgan fingerprint density at radius 1 is 1.21 bits per heavy atom. The average Bonchev–Trinajstić information content (AvgIpc) is 3.02. The lowest BCUT2D eigenvalue weighted by molar-refractivity contribution is -0.130. The Kier molecular flexibility index (Phi) is 7.71. The average molecular weight is 439 g/mol. The first-order valence-electron chi connectivity index (χ1n) is 10.4. The number of rotatable bonds is 6. The quantitative estimate of drug-likeness (QED) is 0.739. The normalized spacial score (nSPS) is 23.1. The van der Waals surface area contributed by atoms with Crippen molar-refractivity contribution in [3.63, 3.8) is 0 Å². The predicted molar refractivity (Wildman–Crippen MR) is 119 cm³/mol. The molecule has 2 fully saturated rings. The van der Waals surface area contributed by atoms with Crippen molar-refractivity contribution >= 4 is 35.3 Å². The van der Waals surface area contributed by atoms with Gasteiger partial charge in [-0.05, 0) is 26.3 Å². The summed E-state index contributed by atoms with van der Waals surface area (Å²) in [6, 6.07) is 7.96. The van der Waals surface area contributed by atoms with Gasteiger partial charge in [-0.1, -0.05) is 36.7 Å². The van der Waals surface area contributed by atoms with Crippen LogP contribution in [0.15, 0.2) is 24.3 Å². The highest BCUT2D eigenvalue weighted by atomic mass is 35.5. The number of urea groups is 1. The van der Waals surface area contributed by atoms with E-state index in [9.17, 15) is 9.59 Å². The van der Waals surface area contributed by atoms with E-state index in [4.69, 9.17) is 11.6 Å². The van der Waals surface area contributed by atoms with E-state index < -0.39 is 0 Å². The SMILES string of the molecule is CCC1SC(c2ccccc2Cl)N(CCN2CCN(C(=O)NC(C)C)CC2)C1=O. The smallest absolute Gasteiger partial charge is 0.317 e. The summed E-state index contributed by atoms with van der Waals surface area (Å²) in [7, 11) is 0. The molecule has 2 unspecified atom stereocenters. The van der Waals surface area contributed by atoms with Gasteiger partial charge in [-0.3, -0.25) is 9.69 Å². The van der Waals surface area contributed by atoms with Crippen molar-refractivity contribution < 1.29 is 9.59 Å². The van der Waals surface area contributed by atoms with Gasteiger partial charge in [0.15, 0.2) is 0 Å². The number of nitrogens with one attached hydrogen (secondary N) is 1. The fourth-order valence-corrected chi connectivity index (χ4v) is 5.53. The zero-order valence-corrected chi connectivity index (χ0v) is 19.0. The fourth-order valence-electron chi connectivity index (χ4n) is 3.76. The highest BCUT2D eigenvalue weighted by Gasteiger charge is 2.40. The molecule has 8 heteroatoms. The predicted octanol–water partition coefficient (Wildman–Crippen LogP) is 3.43. The van der Waals surface area contributed by atoms with Crippen LogP contribution in [0, 0.1) is 0 Å². The van der Waals surface area contributed by atoms with Gasteiger partial charge in [0.1, 0.15) is 5.37 Å². The van der Waals surface area contributed by atoms with E-state index >= 15 is 0 Å². The number of halogens is 1. The standard InChI is InChI=1S/C21H31ClN4O2S/c1-4-18-19(27)26(20(29-18)16-7-5-6-8-17(16)22)14-11-24-9-12-25(13-10-24)21(28)23-15(2)3/h5-8,15,18,20H,4,9-14H2,1-3H3,(H,23,28). The van der Waals surface area contributed by atoms with Crippen LogP contribution in [0.5, 0.6) is 0 Å². The molecular weight excluding hydrogens is 408 g/mol. The first kappa shape index (κ1) is 22.2. The Balaban J connectivity index is 1.58. The zero-order chi connectivity index (χ0) is 21.0. The van der Waals surface area contributed by atoms with Crippen molar-refractivity contribution in [2.45, 2.75) is 43.9 Å². The van der Waals surface area contributed by atoms with Gasteiger partial charge in [-0.25, -0.2) is 4.79 Å². The summed E-state index contributed by atoms with van der Waals surface area (Å²) in [6.07, 6.45) is 0.824. The summed E-state index contributed by atoms with van der Waals surface area (Å²) in [4.78, 5) is 31.3. The zero-order valence-electron chi connectivity index (χ0n) is 17.4. The summed E-state index contributed by atoms with van der Waals surface area (Å²) in [5, 5.41) is 3.63. The van der Waals surface area contributed by atoms with E-state index in [0.29, 0.717) is 24.7 Å². The van der Waals surface area contributed by atoms with E-state index in [2.05, 4.69) is 17.1 Å². The second-order valence-corrected chi connectivity index (χ2v) is 9.57. The number of carbonyl (C=O) groups is 2. The minimum atomic E-state index is -0.0285. The number of nitrogens with zero attached hydrogens (tertiary/aromatic N) is 3. The Hall–Kier alpha value is -1.44. The number of benzene rings is 1. The molecule has 0 bridgehead atoms. The van der Waals surface area contributed by atoms with Gasteiger partial charge in [-0.2, -0.15) is 0 Å². The molecule has 3 amide bonds. The highest BCUT2D eigenvalue weighted by Crippen LogP contribution is 2.45. The van der Waals surface area contributed by atoms with Crippen molar-refractivity contribution in [3.05, 3.63) is 34.9 Å². The van der Waals surface area contributed by atoms with Gasteiger partial charge in [0.2, 0.25) is 5.91 Å². The van der Waals surface area contributed by atoms with Crippen LogP contribution in [-0.2, 0) is 4.79 Å². The van der Waals surface area contributed by atoms with Crippen LogP contribution in [0.25, 0.3) is 0 Å². The molecule has 6 nitrogen and oxygen atoms in total. The maximum atomic E-state index is 12.9. The number of piperazine rings is 1. The minimum absolute atomic E-state index is 0.00662. The summed E-state index contributed by atoms with van der Waals surface area (Å²) < 4.78 is 0. The van der Waals surface area contributed by atoms with Crippen LogP contribution >= 0.6 is 23.4 Å². The molecule has 2 atom stereocenters. The van der Waals surface area contributed by atoms with Crippen LogP contribution < -0.4 is 5.32 Å². The molecule has 2 aliphatic rings. The van der Waals surface area contributed by atoms with E-state index in [1.54, 1.807) is 11.8 Å². The molecule has 2 saturated heterocycles. The third kappa shape index (κ3) is 5.38. The summed E-state index contributed by atoms with van der Waals surface area (Å²) in [6.45, 7) is 10.6. The first-order chi connectivity index (χ1) is 13.9. The molecular formula is C21H31ClN4O2S. The van der Waals surface area contributed by atoms with Gasteiger partial charge in [0.25, 0.3) is 0 Å². The number of hydrogen-bond donors (Lipinski definition) is 1. The maximum absolute atomic E-state index is 12.9. The van der Waals surface area contributed by atoms with Crippen molar-refractivity contribution in [3.8, 4) is 0 Å². The lowest BCUT2D eigenvalue weighted by Gasteiger charge is -2.36. The Bertz CT molecular complexity index is 724. The molecule has 0 saturated carbocycles. The molecule has 0 aliphatic carbocycles. The third-order valence-corrected chi connectivity index (χ3v) is 7.38. The molecule has 160 valence electrons. The van der Waals surface area contributed by atoms with Crippen molar-refractivity contribution in [1.29, 1.82) is 0 Å². The molecule has 2 heterocycles. The fraction of sp³-hybridized carbons (Fsp3) is 0.619. The van der Waals surface area contributed by atoms with Crippen molar-refractivity contribution in [1.82, 2.24) is 20.0 Å². The Labute approximate surface area is 182 Å². The highest BCUT2D eigenvalue weighted by molar-refractivity contribution is 8.01. The number of thioether (sulfide) groups is 1. The minimum Gasteiger partial charge on any atom is -0.336 e. The topological polar surface area (TPSA) is 55.9 Å². The van der Waals surface area contributed by atoms with Gasteiger partial charge < -0.3 is 15.1 Å². The molecule has 1 N–H and O–H groups in total. The Morgan fingerprint density at radius 2 is 1.90 bits per heavy atom. The number of hydrogen-bond acceptors (Lipinski definition) is 4. The molecule has 29 heavy (non-hydrogen) atoms. The first-order valence-corrected chi connectivity index (χ1v) is 11.7. The van der Waals surface area contributed by atoms with E-state index in [0.717, 1.165) is 31.6 Å². The van der Waals surface area contributed by atoms with E-state index in [1.807, 2.05) is 47.9 Å². The van der Waals surface area contributed by atoms with Gasteiger partial charge in [0, 0.05) is 55.9 Å². The van der Waals surface area contributed by atoms with Crippen LogP contribution in [-0.4, -0.2) is 77.2 Å². The number of amides is 3. The van der Waals surface area contributed by atoms with Crippen molar-refractivity contribution in [2.24, 2.45) is 0 Å². The Morgan fingerprint density at radius 3 is 2.52 bits per heavy atom. The molecule has 3 rings (SSSR count). The summed E-state index contributed by atoms with van der Waals surface area (Å²) in [5.74, 6) is 0.206. The molecule has 0 radical (unpaired) electrons. The van der Waals surface area contributed by atoms with Crippen LogP contribution in [0.2, 0.25) is 5.02 Å².